The van der Waals surface area contributed by atoms with Crippen LogP contribution in [0.25, 0.3) is 111 Å². The van der Waals surface area contributed by atoms with Crippen molar-refractivity contribution in [3.05, 3.63) is 241 Å². The van der Waals surface area contributed by atoms with Gasteiger partial charge in [0.25, 0.3) is 0 Å². The van der Waals surface area contributed by atoms with Crippen LogP contribution in [0.1, 0.15) is 36.1 Å². The first-order chi connectivity index (χ1) is 32.8. The van der Waals surface area contributed by atoms with Crippen LogP contribution >= 0.6 is 0 Å². The van der Waals surface area contributed by atoms with E-state index in [1.54, 1.807) is 0 Å². The van der Waals surface area contributed by atoms with Crippen LogP contribution in [0, 0.1) is 13.8 Å². The Morgan fingerprint density at radius 1 is 0.284 bits per heavy atom. The second kappa shape index (κ2) is 14.9. The lowest BCUT2D eigenvalue weighted by molar-refractivity contribution is 0.661. The molecule has 0 amide bonds. The molecule has 0 radical (unpaired) electrons. The number of hydrogen-bond acceptors (Lipinski definition) is 0. The molecule has 12 aromatic rings. The van der Waals surface area contributed by atoms with E-state index in [-0.39, 0.29) is 5.41 Å². The molecule has 0 atom stereocenters. The fourth-order valence-electron chi connectivity index (χ4n) is 11.3. The maximum atomic E-state index is 2.43. The van der Waals surface area contributed by atoms with Gasteiger partial charge in [0.1, 0.15) is 0 Å². The van der Waals surface area contributed by atoms with Crippen LogP contribution in [0.2, 0.25) is 0 Å². The molecule has 2 heteroatoms. The summed E-state index contributed by atoms with van der Waals surface area (Å²) in [6.07, 6.45) is 0. The molecule has 0 N–H and O–H groups in total. The Bertz CT molecular complexity index is 3910. The highest BCUT2D eigenvalue weighted by atomic mass is 15.0. The molecule has 2 aromatic heterocycles. The second-order valence-corrected chi connectivity index (χ2v) is 19.2. The van der Waals surface area contributed by atoms with Crippen LogP contribution in [0.15, 0.2) is 218 Å². The Labute approximate surface area is 391 Å². The van der Waals surface area contributed by atoms with Gasteiger partial charge in [0, 0.05) is 38.3 Å². The highest BCUT2D eigenvalue weighted by molar-refractivity contribution is 6.11. The van der Waals surface area contributed by atoms with Gasteiger partial charge in [0.2, 0.25) is 0 Å². The van der Waals surface area contributed by atoms with Gasteiger partial charge in [-0.05, 0) is 165 Å². The summed E-state index contributed by atoms with van der Waals surface area (Å²) in [6, 6.07) is 81.3. The number of rotatable bonds is 6. The highest BCUT2D eigenvalue weighted by Gasteiger charge is 2.36. The molecule has 67 heavy (non-hydrogen) atoms. The van der Waals surface area contributed by atoms with E-state index in [1.165, 1.54) is 133 Å². The quantitative estimate of drug-likeness (QED) is 0.158. The summed E-state index contributed by atoms with van der Waals surface area (Å²) < 4.78 is 4.79. The van der Waals surface area contributed by atoms with Gasteiger partial charge in [0.05, 0.1) is 22.1 Å². The molecule has 2 nitrogen and oxygen atoms in total. The fourth-order valence-corrected chi connectivity index (χ4v) is 11.3. The molecule has 0 bridgehead atoms. The zero-order valence-corrected chi connectivity index (χ0v) is 38.2. The first-order valence-corrected chi connectivity index (χ1v) is 23.5. The maximum absolute atomic E-state index is 2.43. The molecule has 0 saturated carbocycles. The van der Waals surface area contributed by atoms with Crippen molar-refractivity contribution < 1.29 is 0 Å². The van der Waals surface area contributed by atoms with Gasteiger partial charge >= 0.3 is 0 Å². The summed E-state index contributed by atoms with van der Waals surface area (Å²) >= 11 is 0. The molecule has 0 spiro atoms. The lowest BCUT2D eigenvalue weighted by atomic mass is 9.80. The van der Waals surface area contributed by atoms with Crippen LogP contribution in [0.3, 0.4) is 0 Å². The highest BCUT2D eigenvalue weighted by Crippen LogP contribution is 2.51. The molecule has 0 fully saturated rings. The summed E-state index contributed by atoms with van der Waals surface area (Å²) in [7, 11) is 0. The van der Waals surface area contributed by atoms with E-state index >= 15 is 0 Å². The smallest absolute Gasteiger partial charge is 0.0541 e. The van der Waals surface area contributed by atoms with Crippen LogP contribution in [0.4, 0.5) is 0 Å². The van der Waals surface area contributed by atoms with E-state index in [2.05, 4.69) is 255 Å². The van der Waals surface area contributed by atoms with Crippen molar-refractivity contribution in [1.82, 2.24) is 9.13 Å². The Kier molecular flexibility index (Phi) is 8.73. The number of hydrogen-bond donors (Lipinski definition) is 0. The molecule has 2 heterocycles. The van der Waals surface area contributed by atoms with E-state index < -0.39 is 0 Å². The Morgan fingerprint density at radius 2 is 0.642 bits per heavy atom. The van der Waals surface area contributed by atoms with Gasteiger partial charge in [-0.25, -0.2) is 0 Å². The van der Waals surface area contributed by atoms with Crippen molar-refractivity contribution in [1.29, 1.82) is 0 Å². The predicted octanol–water partition coefficient (Wildman–Crippen LogP) is 17.5. The zero-order valence-electron chi connectivity index (χ0n) is 38.2. The van der Waals surface area contributed by atoms with Gasteiger partial charge in [-0.15, -0.1) is 0 Å². The zero-order chi connectivity index (χ0) is 45.0. The summed E-state index contributed by atoms with van der Waals surface area (Å²) in [5.41, 5.74) is 25.0. The molecule has 10 aromatic carbocycles. The van der Waals surface area contributed by atoms with Crippen LogP contribution in [-0.4, -0.2) is 9.13 Å². The summed E-state index contributed by atoms with van der Waals surface area (Å²) in [5.74, 6) is 0. The van der Waals surface area contributed by atoms with E-state index in [9.17, 15) is 0 Å². The van der Waals surface area contributed by atoms with Crippen molar-refractivity contribution in [3.8, 4) is 67.0 Å². The summed E-state index contributed by atoms with van der Waals surface area (Å²) in [6.45, 7) is 9.13. The monoisotopic (exact) mass is 856 g/mol. The van der Waals surface area contributed by atoms with Gasteiger partial charge in [0.15, 0.2) is 0 Å². The van der Waals surface area contributed by atoms with Crippen molar-refractivity contribution in [2.45, 2.75) is 33.1 Å². The van der Waals surface area contributed by atoms with Crippen molar-refractivity contribution in [2.75, 3.05) is 0 Å². The molecule has 318 valence electrons. The standard InChI is InChI=1S/C65H48N2/c1-41-34-42(2)36-52(35-41)67-62-17-11-9-15-56(62)58-38-48(29-33-64(58)67)44-20-24-46(25-21-44)50-27-31-54-53-30-26-49(39-59(53)65(3,4)60(54)40-50)45-22-18-43(19-23-45)47-28-32-63-57(37-47)55-14-8-10-16-61(55)66(63)51-12-6-5-7-13-51/h5-40H,1-4H3. The lowest BCUT2D eigenvalue weighted by Crippen LogP contribution is -2.15. The largest absolute Gasteiger partial charge is 0.309 e. The number of para-hydroxylation sites is 3. The van der Waals surface area contributed by atoms with Crippen molar-refractivity contribution in [3.63, 3.8) is 0 Å². The third-order valence-corrected chi connectivity index (χ3v) is 14.6. The van der Waals surface area contributed by atoms with Crippen molar-refractivity contribution in [2.24, 2.45) is 0 Å². The molecule has 1 aliphatic carbocycles. The van der Waals surface area contributed by atoms with Gasteiger partial charge < -0.3 is 9.13 Å². The topological polar surface area (TPSA) is 9.86 Å². The normalized spacial score (nSPS) is 12.9. The number of fused-ring (bicyclic) bond motifs is 9. The average Bonchev–Trinajstić information content (AvgIpc) is 3.96. The van der Waals surface area contributed by atoms with Crippen LogP contribution in [-0.2, 0) is 5.41 Å². The van der Waals surface area contributed by atoms with Crippen LogP contribution in [0.5, 0.6) is 0 Å². The molecular formula is C65H48N2. The SMILES string of the molecule is Cc1cc(C)cc(-n2c3ccccc3c3cc(-c4ccc(-c5ccc6c(c5)C(C)(C)c5cc(-c7ccc(-c8ccc9c(c8)c8ccccc8n9-c8ccccc8)cc7)ccc5-6)cc4)ccc32)c1. The second-order valence-electron chi connectivity index (χ2n) is 19.2. The summed E-state index contributed by atoms with van der Waals surface area (Å²) in [5, 5.41) is 5.08. The molecule has 13 rings (SSSR count). The lowest BCUT2D eigenvalue weighted by Gasteiger charge is -2.22. The molecule has 0 unspecified atom stereocenters. The number of aryl methyl sites for hydroxylation is 2. The Balaban J connectivity index is 0.777. The molecule has 0 saturated heterocycles. The summed E-state index contributed by atoms with van der Waals surface area (Å²) in [4.78, 5) is 0. The Hall–Kier alpha value is -8.20. The van der Waals surface area contributed by atoms with Gasteiger partial charge in [-0.3, -0.25) is 0 Å². The number of benzene rings is 10. The molecular weight excluding hydrogens is 809 g/mol. The number of nitrogens with zero attached hydrogens (tertiary/aromatic N) is 2. The van der Waals surface area contributed by atoms with E-state index in [0.717, 1.165) is 0 Å². The average molecular weight is 857 g/mol. The minimum atomic E-state index is -0.142. The van der Waals surface area contributed by atoms with Crippen LogP contribution < -0.4 is 0 Å². The maximum Gasteiger partial charge on any atom is 0.0541 e. The minimum Gasteiger partial charge on any atom is -0.309 e. The number of aromatic nitrogens is 2. The molecule has 0 aliphatic heterocycles. The predicted molar refractivity (Wildman–Crippen MR) is 284 cm³/mol. The first-order valence-electron chi connectivity index (χ1n) is 23.5. The minimum absolute atomic E-state index is 0.142. The van der Waals surface area contributed by atoms with E-state index in [1.807, 2.05) is 0 Å². The van der Waals surface area contributed by atoms with Crippen molar-refractivity contribution >= 4 is 43.6 Å². The third kappa shape index (κ3) is 6.24. The van der Waals surface area contributed by atoms with Gasteiger partial charge in [-0.2, -0.15) is 0 Å². The first kappa shape index (κ1) is 39.2. The van der Waals surface area contributed by atoms with E-state index in [0.29, 0.717) is 0 Å². The Morgan fingerprint density at radius 3 is 1.10 bits per heavy atom. The van der Waals surface area contributed by atoms with Gasteiger partial charge in [-0.1, -0.05) is 159 Å². The fraction of sp³-hybridized carbons (Fsp3) is 0.0769. The van der Waals surface area contributed by atoms with E-state index in [4.69, 9.17) is 0 Å². The third-order valence-electron chi connectivity index (χ3n) is 14.6. The molecule has 1 aliphatic rings.